The molecule has 3 aliphatic heterocycles. The van der Waals surface area contributed by atoms with Crippen LogP contribution in [0.3, 0.4) is 0 Å². The summed E-state index contributed by atoms with van der Waals surface area (Å²) in [4.78, 5) is 5.29. The molecule has 3 aliphatic rings. The van der Waals surface area contributed by atoms with E-state index in [-0.39, 0.29) is 0 Å². The van der Waals surface area contributed by atoms with Gasteiger partial charge in [0.05, 0.1) is 11.7 Å². The van der Waals surface area contributed by atoms with Crippen molar-refractivity contribution in [1.29, 1.82) is 0 Å². The molecule has 0 radical (unpaired) electrons. The molecular formula is C16H29N5. The third-order valence-electron chi connectivity index (χ3n) is 4.82. The maximum absolute atomic E-state index is 4.54. The van der Waals surface area contributed by atoms with Crippen molar-refractivity contribution in [3.63, 3.8) is 0 Å². The fourth-order valence-electron chi connectivity index (χ4n) is 3.72. The van der Waals surface area contributed by atoms with E-state index >= 15 is 0 Å². The minimum atomic E-state index is 0.405. The van der Waals surface area contributed by atoms with Crippen molar-refractivity contribution in [1.82, 2.24) is 24.9 Å². The Kier molecular flexibility index (Phi) is 4.93. The lowest BCUT2D eigenvalue weighted by atomic mass is 9.97. The van der Waals surface area contributed by atoms with Gasteiger partial charge in [-0.2, -0.15) is 5.10 Å². The highest BCUT2D eigenvalue weighted by Crippen LogP contribution is 2.27. The van der Waals surface area contributed by atoms with E-state index in [1.54, 1.807) is 0 Å². The monoisotopic (exact) mass is 291 g/mol. The summed E-state index contributed by atoms with van der Waals surface area (Å²) < 4.78 is 2.20. The molecule has 1 N–H and O–H groups in total. The zero-order valence-corrected chi connectivity index (χ0v) is 13.5. The van der Waals surface area contributed by atoms with E-state index in [9.17, 15) is 0 Å². The molecule has 0 aliphatic carbocycles. The first-order valence-corrected chi connectivity index (χ1v) is 8.55. The molecular weight excluding hydrogens is 262 g/mol. The van der Waals surface area contributed by atoms with Gasteiger partial charge in [0, 0.05) is 51.5 Å². The number of rotatable bonds is 7. The molecule has 5 nitrogen and oxygen atoms in total. The minimum Gasteiger partial charge on any atom is -0.307 e. The lowest BCUT2D eigenvalue weighted by Gasteiger charge is -2.50. The Hall–Kier alpha value is -0.910. The Morgan fingerprint density at radius 2 is 2.05 bits per heavy atom. The summed E-state index contributed by atoms with van der Waals surface area (Å²) in [6.45, 7) is 12.7. The molecule has 0 aromatic carbocycles. The van der Waals surface area contributed by atoms with Gasteiger partial charge in [0.2, 0.25) is 0 Å². The molecule has 0 amide bonds. The van der Waals surface area contributed by atoms with Gasteiger partial charge in [0.15, 0.2) is 0 Å². The van der Waals surface area contributed by atoms with E-state index < -0.39 is 0 Å². The highest BCUT2D eigenvalue weighted by molar-refractivity contribution is 5.13. The van der Waals surface area contributed by atoms with Gasteiger partial charge >= 0.3 is 0 Å². The van der Waals surface area contributed by atoms with Crippen LogP contribution in [0.5, 0.6) is 0 Å². The quantitative estimate of drug-likeness (QED) is 0.822. The van der Waals surface area contributed by atoms with Crippen molar-refractivity contribution >= 4 is 0 Å². The van der Waals surface area contributed by atoms with E-state index in [0.717, 1.165) is 19.5 Å². The average Bonchev–Trinajstić information content (AvgIpc) is 2.98. The largest absolute Gasteiger partial charge is 0.307 e. The number of aromatic nitrogens is 2. The highest BCUT2D eigenvalue weighted by atomic mass is 15.4. The first-order valence-electron chi connectivity index (χ1n) is 8.55. The van der Waals surface area contributed by atoms with Crippen LogP contribution in [-0.2, 0) is 6.54 Å². The maximum atomic E-state index is 4.54. The standard InChI is InChI=1S/C16H29N5/c1-3-6-17-16(14-5-7-18-21(14)8-4-2)15-13-19-9-11-20(15)12-10-19/h5,7,15-17H,3-4,6,8-13H2,1-2H3. The van der Waals surface area contributed by atoms with Gasteiger partial charge in [-0.1, -0.05) is 13.8 Å². The van der Waals surface area contributed by atoms with Crippen LogP contribution in [0.15, 0.2) is 12.3 Å². The van der Waals surface area contributed by atoms with E-state index in [2.05, 4.69) is 44.8 Å². The summed E-state index contributed by atoms with van der Waals surface area (Å²) in [5.41, 5.74) is 1.36. The van der Waals surface area contributed by atoms with Crippen molar-refractivity contribution in [2.45, 2.75) is 45.3 Å². The number of nitrogens with zero attached hydrogens (tertiary/aromatic N) is 4. The zero-order chi connectivity index (χ0) is 14.7. The third kappa shape index (κ3) is 3.15. The highest BCUT2D eigenvalue weighted by Gasteiger charge is 2.38. The molecule has 118 valence electrons. The molecule has 1 aromatic rings. The summed E-state index contributed by atoms with van der Waals surface area (Å²) in [7, 11) is 0. The Balaban J connectivity index is 1.81. The first kappa shape index (κ1) is 15.0. The number of nitrogens with one attached hydrogen (secondary N) is 1. The number of fused-ring (bicyclic) bond motifs is 3. The minimum absolute atomic E-state index is 0.405. The molecule has 0 saturated carbocycles. The van der Waals surface area contributed by atoms with Gasteiger partial charge in [-0.25, -0.2) is 0 Å². The molecule has 3 saturated heterocycles. The van der Waals surface area contributed by atoms with Gasteiger partial charge in [-0.3, -0.25) is 14.5 Å². The lowest BCUT2D eigenvalue weighted by molar-refractivity contribution is -0.00496. The lowest BCUT2D eigenvalue weighted by Crippen LogP contribution is -2.64. The second kappa shape index (κ2) is 6.90. The molecule has 4 rings (SSSR count). The Morgan fingerprint density at radius 1 is 1.24 bits per heavy atom. The maximum Gasteiger partial charge on any atom is 0.0662 e. The van der Waals surface area contributed by atoms with Crippen LogP contribution < -0.4 is 5.32 Å². The predicted octanol–water partition coefficient (Wildman–Crippen LogP) is 1.33. The summed E-state index contributed by atoms with van der Waals surface area (Å²) in [6, 6.07) is 3.20. The topological polar surface area (TPSA) is 36.3 Å². The Bertz CT molecular complexity index is 436. The van der Waals surface area contributed by atoms with Gasteiger partial charge in [0.25, 0.3) is 0 Å². The van der Waals surface area contributed by atoms with Crippen LogP contribution in [-0.4, -0.2) is 64.9 Å². The number of hydrogen-bond donors (Lipinski definition) is 1. The zero-order valence-electron chi connectivity index (χ0n) is 13.5. The van der Waals surface area contributed by atoms with Crippen LogP contribution in [0, 0.1) is 0 Å². The normalized spacial score (nSPS) is 29.7. The van der Waals surface area contributed by atoms with E-state index in [1.807, 2.05) is 6.20 Å². The fourth-order valence-corrected chi connectivity index (χ4v) is 3.72. The molecule has 2 unspecified atom stereocenters. The molecule has 4 heterocycles. The van der Waals surface area contributed by atoms with Crippen LogP contribution in [0.1, 0.15) is 38.4 Å². The molecule has 21 heavy (non-hydrogen) atoms. The summed E-state index contributed by atoms with van der Waals surface area (Å²) in [5, 5.41) is 8.33. The third-order valence-corrected chi connectivity index (χ3v) is 4.82. The Labute approximate surface area is 128 Å². The van der Waals surface area contributed by atoms with Crippen molar-refractivity contribution in [2.24, 2.45) is 0 Å². The predicted molar refractivity (Wildman–Crippen MR) is 85.4 cm³/mol. The Morgan fingerprint density at radius 3 is 2.67 bits per heavy atom. The summed E-state index contributed by atoms with van der Waals surface area (Å²) >= 11 is 0. The second-order valence-electron chi connectivity index (χ2n) is 6.31. The smallest absolute Gasteiger partial charge is 0.0662 e. The molecule has 0 spiro atoms. The van der Waals surface area contributed by atoms with Crippen molar-refractivity contribution in [2.75, 3.05) is 39.3 Å². The molecule has 2 atom stereocenters. The molecule has 2 bridgehead atoms. The van der Waals surface area contributed by atoms with Crippen LogP contribution >= 0.6 is 0 Å². The van der Waals surface area contributed by atoms with Crippen molar-refractivity contribution in [3.05, 3.63) is 18.0 Å². The number of piperazine rings is 3. The van der Waals surface area contributed by atoms with E-state index in [4.69, 9.17) is 0 Å². The summed E-state index contributed by atoms with van der Waals surface area (Å²) in [5.74, 6) is 0. The number of aryl methyl sites for hydroxylation is 1. The van der Waals surface area contributed by atoms with Gasteiger partial charge in [-0.15, -0.1) is 0 Å². The first-order chi connectivity index (χ1) is 10.3. The van der Waals surface area contributed by atoms with Crippen LogP contribution in [0.25, 0.3) is 0 Å². The van der Waals surface area contributed by atoms with Gasteiger partial charge in [0.1, 0.15) is 0 Å². The van der Waals surface area contributed by atoms with Crippen LogP contribution in [0.2, 0.25) is 0 Å². The average molecular weight is 291 g/mol. The van der Waals surface area contributed by atoms with Crippen molar-refractivity contribution < 1.29 is 0 Å². The summed E-state index contributed by atoms with van der Waals surface area (Å²) in [6.07, 6.45) is 4.27. The van der Waals surface area contributed by atoms with Gasteiger partial charge < -0.3 is 5.32 Å². The molecule has 3 fully saturated rings. The molecule has 1 aromatic heterocycles. The second-order valence-corrected chi connectivity index (χ2v) is 6.31. The van der Waals surface area contributed by atoms with E-state index in [0.29, 0.717) is 12.1 Å². The number of hydrogen-bond acceptors (Lipinski definition) is 4. The van der Waals surface area contributed by atoms with Crippen molar-refractivity contribution in [3.8, 4) is 0 Å². The fraction of sp³-hybridized carbons (Fsp3) is 0.812. The SMILES string of the molecule is CCCNC(c1ccnn1CCC)C1CN2CCN1CC2. The van der Waals surface area contributed by atoms with Crippen LogP contribution in [0.4, 0.5) is 0 Å². The van der Waals surface area contributed by atoms with E-state index in [1.165, 1.54) is 44.8 Å². The molecule has 5 heteroatoms. The van der Waals surface area contributed by atoms with Gasteiger partial charge in [-0.05, 0) is 25.5 Å².